The molecule has 9 nitrogen and oxygen atoms in total. The standard InChI is InChI=1S/C28H17Br2N3O6S/c29-18-10-7-14(11-19(18)30)23-21(26(36)31-15-8-5-13(6-9-15)20-12-40-33-32-20)22(27(37)38)28(39-23)24(34)16-3-1-2-4-17(16)25(28)35/h1-12,21-23H,(H,31,36)(H,37,38). The van der Waals surface area contributed by atoms with E-state index in [2.05, 4.69) is 46.8 Å². The molecule has 6 rings (SSSR count). The molecule has 0 saturated carbocycles. The van der Waals surface area contributed by atoms with Crippen LogP contribution in [0, 0.1) is 11.8 Å². The number of carboxylic acids is 1. The van der Waals surface area contributed by atoms with Crippen molar-refractivity contribution in [3.8, 4) is 11.3 Å². The van der Waals surface area contributed by atoms with E-state index in [1.165, 1.54) is 23.7 Å². The molecule has 1 aliphatic carbocycles. The Hall–Kier alpha value is -3.58. The summed E-state index contributed by atoms with van der Waals surface area (Å²) in [6.45, 7) is 0. The van der Waals surface area contributed by atoms with E-state index < -0.39 is 47.0 Å². The molecule has 1 aromatic heterocycles. The third-order valence-electron chi connectivity index (χ3n) is 7.18. The lowest BCUT2D eigenvalue weighted by molar-refractivity contribution is -0.147. The summed E-state index contributed by atoms with van der Waals surface area (Å²) in [5.74, 6) is -6.92. The minimum absolute atomic E-state index is 0.0719. The van der Waals surface area contributed by atoms with Crippen molar-refractivity contribution < 1.29 is 29.0 Å². The summed E-state index contributed by atoms with van der Waals surface area (Å²) in [5.41, 5.74) is 0.0506. The zero-order chi connectivity index (χ0) is 28.2. The van der Waals surface area contributed by atoms with Crippen LogP contribution in [0.2, 0.25) is 0 Å². The molecule has 0 bridgehead atoms. The number of ether oxygens (including phenoxy) is 1. The number of aromatic nitrogens is 2. The van der Waals surface area contributed by atoms with E-state index in [1.807, 2.05) is 0 Å². The molecule has 3 unspecified atom stereocenters. The first-order valence-electron chi connectivity index (χ1n) is 11.9. The van der Waals surface area contributed by atoms with Crippen molar-refractivity contribution in [2.24, 2.45) is 11.8 Å². The van der Waals surface area contributed by atoms with Crippen LogP contribution < -0.4 is 5.32 Å². The van der Waals surface area contributed by atoms with Gasteiger partial charge in [0, 0.05) is 36.7 Å². The number of benzene rings is 3. The number of carbonyl (C=O) groups is 4. The quantitative estimate of drug-likeness (QED) is 0.261. The number of Topliss-reactive ketones (excluding diaryl/α,β-unsaturated/α-hetero) is 2. The Bertz CT molecular complexity index is 1660. The number of nitrogens with zero attached hydrogens (tertiary/aromatic N) is 2. The summed E-state index contributed by atoms with van der Waals surface area (Å²) in [4.78, 5) is 54.2. The highest BCUT2D eigenvalue weighted by Gasteiger charge is 2.71. The first kappa shape index (κ1) is 26.6. The summed E-state index contributed by atoms with van der Waals surface area (Å²) in [6, 6.07) is 17.9. The van der Waals surface area contributed by atoms with Gasteiger partial charge in [-0.05, 0) is 73.2 Å². The molecule has 2 aliphatic rings. The fraction of sp³-hybridized carbons (Fsp3) is 0.143. The van der Waals surface area contributed by atoms with Gasteiger partial charge in [-0.2, -0.15) is 0 Å². The Morgan fingerprint density at radius 1 is 0.950 bits per heavy atom. The number of halogens is 2. The van der Waals surface area contributed by atoms with Crippen molar-refractivity contribution in [1.82, 2.24) is 9.59 Å². The van der Waals surface area contributed by atoms with Gasteiger partial charge < -0.3 is 15.2 Å². The van der Waals surface area contributed by atoms with Gasteiger partial charge >= 0.3 is 5.97 Å². The number of fused-ring (bicyclic) bond motifs is 1. The normalized spacial score (nSPS) is 21.0. The molecule has 200 valence electrons. The van der Waals surface area contributed by atoms with E-state index in [4.69, 9.17) is 4.74 Å². The van der Waals surface area contributed by atoms with Gasteiger partial charge in [0.15, 0.2) is 0 Å². The molecule has 3 aromatic carbocycles. The minimum Gasteiger partial charge on any atom is -0.481 e. The van der Waals surface area contributed by atoms with E-state index in [1.54, 1.807) is 60.0 Å². The van der Waals surface area contributed by atoms with Crippen molar-refractivity contribution >= 4 is 72.5 Å². The maximum atomic E-state index is 13.9. The molecule has 2 N–H and O–H groups in total. The van der Waals surface area contributed by atoms with Gasteiger partial charge in [-0.15, -0.1) is 5.10 Å². The number of aliphatic carboxylic acids is 1. The minimum atomic E-state index is -2.39. The van der Waals surface area contributed by atoms with Gasteiger partial charge in [0.25, 0.3) is 0 Å². The number of ketones is 2. The predicted octanol–water partition coefficient (Wildman–Crippen LogP) is 5.58. The van der Waals surface area contributed by atoms with Crippen molar-refractivity contribution in [1.29, 1.82) is 0 Å². The molecule has 1 spiro atoms. The maximum absolute atomic E-state index is 13.9. The van der Waals surface area contributed by atoms with Crippen molar-refractivity contribution in [3.05, 3.63) is 97.7 Å². The topological polar surface area (TPSA) is 136 Å². The highest BCUT2D eigenvalue weighted by Crippen LogP contribution is 2.54. The van der Waals surface area contributed by atoms with E-state index in [-0.39, 0.29) is 11.1 Å². The molecular formula is C28H17Br2N3O6S. The SMILES string of the molecule is O=C(Nc1ccc(-c2csnn2)cc1)C1C(c2ccc(Br)c(Br)c2)OC2(C(=O)c3ccccc3C2=O)C1C(=O)O. The molecule has 1 saturated heterocycles. The fourth-order valence-electron chi connectivity index (χ4n) is 5.37. The highest BCUT2D eigenvalue weighted by molar-refractivity contribution is 9.13. The number of carboxylic acid groups (broad SMARTS) is 1. The molecule has 1 aliphatic heterocycles. The Morgan fingerprint density at radius 3 is 2.20 bits per heavy atom. The van der Waals surface area contributed by atoms with Crippen LogP contribution in [0.25, 0.3) is 11.3 Å². The van der Waals surface area contributed by atoms with Crippen molar-refractivity contribution in [2.75, 3.05) is 5.32 Å². The molecule has 2 heterocycles. The number of hydrogen-bond acceptors (Lipinski definition) is 8. The molecule has 12 heteroatoms. The Morgan fingerprint density at radius 2 is 1.62 bits per heavy atom. The molecular weight excluding hydrogens is 666 g/mol. The molecule has 1 amide bonds. The summed E-state index contributed by atoms with van der Waals surface area (Å²) >= 11 is 8.05. The summed E-state index contributed by atoms with van der Waals surface area (Å²) in [5, 5.41) is 19.0. The molecule has 3 atom stereocenters. The van der Waals surface area contributed by atoms with Crippen LogP contribution in [-0.2, 0) is 14.3 Å². The molecule has 0 radical (unpaired) electrons. The lowest BCUT2D eigenvalue weighted by atomic mass is 9.75. The second-order valence-corrected chi connectivity index (χ2v) is 11.7. The van der Waals surface area contributed by atoms with Gasteiger partial charge in [-0.25, -0.2) is 0 Å². The van der Waals surface area contributed by atoms with E-state index in [0.29, 0.717) is 21.4 Å². The largest absolute Gasteiger partial charge is 0.481 e. The van der Waals surface area contributed by atoms with Crippen LogP contribution in [0.3, 0.4) is 0 Å². The van der Waals surface area contributed by atoms with Gasteiger partial charge in [0.1, 0.15) is 11.6 Å². The van der Waals surface area contributed by atoms with Gasteiger partial charge in [0.05, 0.1) is 12.0 Å². The zero-order valence-electron chi connectivity index (χ0n) is 20.2. The van der Waals surface area contributed by atoms with E-state index in [9.17, 15) is 24.3 Å². The molecule has 1 fully saturated rings. The third kappa shape index (κ3) is 4.14. The Kier molecular flexibility index (Phi) is 6.73. The predicted molar refractivity (Wildman–Crippen MR) is 152 cm³/mol. The average Bonchev–Trinajstić information content (AvgIpc) is 3.66. The Balaban J connectivity index is 1.43. The average molecular weight is 683 g/mol. The number of hydrogen-bond donors (Lipinski definition) is 2. The molecule has 4 aromatic rings. The van der Waals surface area contributed by atoms with Crippen LogP contribution in [-0.4, -0.2) is 43.7 Å². The summed E-state index contributed by atoms with van der Waals surface area (Å²) in [6.07, 6.45) is -1.21. The second-order valence-electron chi connectivity index (χ2n) is 9.35. The highest BCUT2D eigenvalue weighted by atomic mass is 79.9. The summed E-state index contributed by atoms with van der Waals surface area (Å²) in [7, 11) is 0. The lowest BCUT2D eigenvalue weighted by Crippen LogP contribution is -2.52. The van der Waals surface area contributed by atoms with Crippen LogP contribution >= 0.6 is 43.4 Å². The maximum Gasteiger partial charge on any atom is 0.311 e. The van der Waals surface area contributed by atoms with Gasteiger partial charge in [-0.3, -0.25) is 19.2 Å². The first-order valence-corrected chi connectivity index (χ1v) is 14.4. The zero-order valence-corrected chi connectivity index (χ0v) is 24.2. The number of carbonyl (C=O) groups excluding carboxylic acids is 3. The Labute approximate surface area is 248 Å². The van der Waals surface area contributed by atoms with Crippen molar-refractivity contribution in [2.45, 2.75) is 11.7 Å². The number of rotatable bonds is 5. The van der Waals surface area contributed by atoms with Crippen LogP contribution in [0.4, 0.5) is 5.69 Å². The van der Waals surface area contributed by atoms with Crippen molar-refractivity contribution in [3.63, 3.8) is 0 Å². The number of nitrogens with one attached hydrogen (secondary N) is 1. The van der Waals surface area contributed by atoms with Crippen LogP contribution in [0.5, 0.6) is 0 Å². The van der Waals surface area contributed by atoms with Crippen LogP contribution in [0.1, 0.15) is 32.4 Å². The first-order chi connectivity index (χ1) is 19.2. The van der Waals surface area contributed by atoms with Crippen LogP contribution in [0.15, 0.2) is 81.1 Å². The fourth-order valence-corrected chi connectivity index (χ4v) is 6.48. The summed E-state index contributed by atoms with van der Waals surface area (Å²) < 4.78 is 11.4. The smallest absolute Gasteiger partial charge is 0.311 e. The van der Waals surface area contributed by atoms with E-state index in [0.717, 1.165) is 10.0 Å². The third-order valence-corrected chi connectivity index (χ3v) is 9.56. The van der Waals surface area contributed by atoms with Gasteiger partial charge in [0.2, 0.25) is 23.1 Å². The number of amides is 1. The number of anilines is 1. The van der Waals surface area contributed by atoms with Gasteiger partial charge in [-0.1, -0.05) is 47.0 Å². The van der Waals surface area contributed by atoms with E-state index >= 15 is 0 Å². The lowest BCUT2D eigenvalue weighted by Gasteiger charge is -2.25. The molecule has 40 heavy (non-hydrogen) atoms. The monoisotopic (exact) mass is 681 g/mol. The second kappa shape index (κ2) is 10.1.